The predicted octanol–water partition coefficient (Wildman–Crippen LogP) is 6.39. The van der Waals surface area contributed by atoms with Gasteiger partial charge in [-0.1, -0.05) is 88.4 Å². The lowest BCUT2D eigenvalue weighted by molar-refractivity contribution is -0.116. The molecular weight excluding hydrogens is 318 g/mol. The zero-order valence-corrected chi connectivity index (χ0v) is 15.8. The van der Waals surface area contributed by atoms with Crippen LogP contribution in [-0.4, -0.2) is 12.5 Å². The highest BCUT2D eigenvalue weighted by Crippen LogP contribution is 2.12. The molecule has 0 saturated carbocycles. The van der Waals surface area contributed by atoms with Gasteiger partial charge in [0.05, 0.1) is 0 Å². The molecule has 1 amide bonds. The number of amides is 1. The minimum absolute atomic E-state index is 0.0362. The van der Waals surface area contributed by atoms with Gasteiger partial charge < -0.3 is 5.32 Å². The van der Waals surface area contributed by atoms with Crippen LogP contribution < -0.4 is 5.32 Å². The molecule has 1 rings (SSSR count). The third-order valence-electron chi connectivity index (χ3n) is 4.11. The lowest BCUT2D eigenvalue weighted by Crippen LogP contribution is -2.21. The van der Waals surface area contributed by atoms with Gasteiger partial charge >= 0.3 is 0 Å². The van der Waals surface area contributed by atoms with Crippen molar-refractivity contribution in [3.05, 3.63) is 40.9 Å². The first-order chi connectivity index (χ1) is 11.7. The second-order valence-corrected chi connectivity index (χ2v) is 6.80. The van der Waals surface area contributed by atoms with Crippen LogP contribution in [0.3, 0.4) is 0 Å². The fraction of sp³-hybridized carbons (Fsp3) is 0.571. The summed E-state index contributed by atoms with van der Waals surface area (Å²) in [5, 5.41) is 3.62. The summed E-state index contributed by atoms with van der Waals surface area (Å²) in [4.78, 5) is 11.7. The van der Waals surface area contributed by atoms with Crippen LogP contribution in [0, 0.1) is 0 Å². The fourth-order valence-corrected chi connectivity index (χ4v) is 2.86. The summed E-state index contributed by atoms with van der Waals surface area (Å²) in [7, 11) is 0. The Balaban J connectivity index is 1.96. The average Bonchev–Trinajstić information content (AvgIpc) is 2.58. The zero-order valence-electron chi connectivity index (χ0n) is 15.0. The molecule has 1 aromatic carbocycles. The van der Waals surface area contributed by atoms with Crippen LogP contribution in [0.2, 0.25) is 5.02 Å². The van der Waals surface area contributed by atoms with E-state index in [2.05, 4.69) is 12.2 Å². The summed E-state index contributed by atoms with van der Waals surface area (Å²) in [5.74, 6) is -0.0362. The van der Waals surface area contributed by atoms with Gasteiger partial charge in [-0.3, -0.25) is 4.79 Å². The van der Waals surface area contributed by atoms with Crippen LogP contribution in [0.25, 0.3) is 6.08 Å². The van der Waals surface area contributed by atoms with E-state index in [0.717, 1.165) is 18.5 Å². The number of carbonyl (C=O) groups excluding carboxylic acids is 1. The first-order valence-electron chi connectivity index (χ1n) is 9.44. The molecule has 0 radical (unpaired) electrons. The van der Waals surface area contributed by atoms with Crippen molar-refractivity contribution in [1.82, 2.24) is 5.32 Å². The molecule has 24 heavy (non-hydrogen) atoms. The molecule has 1 N–H and O–H groups in total. The molecule has 0 aliphatic carbocycles. The van der Waals surface area contributed by atoms with Gasteiger partial charge in [-0.05, 0) is 30.2 Å². The third kappa shape index (κ3) is 11.3. The largest absolute Gasteiger partial charge is 0.353 e. The first-order valence-corrected chi connectivity index (χ1v) is 9.81. The van der Waals surface area contributed by atoms with Crippen LogP contribution in [0.1, 0.15) is 76.7 Å². The van der Waals surface area contributed by atoms with Gasteiger partial charge in [0.15, 0.2) is 0 Å². The molecule has 0 unspecified atom stereocenters. The molecule has 0 fully saturated rings. The fourth-order valence-electron chi connectivity index (χ4n) is 2.67. The van der Waals surface area contributed by atoms with E-state index < -0.39 is 0 Å². The van der Waals surface area contributed by atoms with E-state index in [0.29, 0.717) is 5.02 Å². The van der Waals surface area contributed by atoms with Crippen LogP contribution in [0.15, 0.2) is 30.3 Å². The van der Waals surface area contributed by atoms with E-state index in [4.69, 9.17) is 11.6 Å². The van der Waals surface area contributed by atoms with E-state index in [9.17, 15) is 4.79 Å². The Bertz CT molecular complexity index is 484. The second-order valence-electron chi connectivity index (χ2n) is 6.36. The summed E-state index contributed by atoms with van der Waals surface area (Å²) in [5.41, 5.74) is 0.941. The maximum Gasteiger partial charge on any atom is 0.243 e. The number of benzene rings is 1. The maximum atomic E-state index is 11.7. The second kappa shape index (κ2) is 14.1. The molecular formula is C21H32ClNO. The smallest absolute Gasteiger partial charge is 0.243 e. The number of hydrogen-bond acceptors (Lipinski definition) is 1. The normalized spacial score (nSPS) is 11.1. The van der Waals surface area contributed by atoms with Crippen molar-refractivity contribution in [1.29, 1.82) is 0 Å². The van der Waals surface area contributed by atoms with Crippen molar-refractivity contribution in [2.75, 3.05) is 6.54 Å². The Morgan fingerprint density at radius 2 is 1.62 bits per heavy atom. The number of carbonyl (C=O) groups is 1. The minimum atomic E-state index is -0.0362. The summed E-state index contributed by atoms with van der Waals surface area (Å²) in [6, 6.07) is 7.47. The SMILES string of the molecule is CCCCCCCCCCCCNC(=O)/C=C/c1cccc(Cl)c1. The maximum absolute atomic E-state index is 11.7. The van der Waals surface area contributed by atoms with Gasteiger partial charge in [0.1, 0.15) is 0 Å². The van der Waals surface area contributed by atoms with Crippen molar-refractivity contribution in [3.8, 4) is 0 Å². The Labute approximate surface area is 152 Å². The van der Waals surface area contributed by atoms with Gasteiger partial charge in [-0.2, -0.15) is 0 Å². The van der Waals surface area contributed by atoms with Crippen LogP contribution >= 0.6 is 11.6 Å². The average molecular weight is 350 g/mol. The number of nitrogens with one attached hydrogen (secondary N) is 1. The Morgan fingerprint density at radius 3 is 2.25 bits per heavy atom. The summed E-state index contributed by atoms with van der Waals surface area (Å²) >= 11 is 5.91. The standard InChI is InChI=1S/C21H32ClNO/c1-2-3-4-5-6-7-8-9-10-11-17-23-21(24)16-15-19-13-12-14-20(22)18-19/h12-16,18H,2-11,17H2,1H3,(H,23,24)/b16-15+. The molecule has 3 heteroatoms. The van der Waals surface area contributed by atoms with Crippen LogP contribution in [0.4, 0.5) is 0 Å². The highest BCUT2D eigenvalue weighted by molar-refractivity contribution is 6.30. The van der Waals surface area contributed by atoms with Crippen LogP contribution in [0.5, 0.6) is 0 Å². The molecule has 2 nitrogen and oxygen atoms in total. The number of rotatable bonds is 13. The minimum Gasteiger partial charge on any atom is -0.353 e. The lowest BCUT2D eigenvalue weighted by atomic mass is 10.1. The van der Waals surface area contributed by atoms with E-state index in [1.807, 2.05) is 24.3 Å². The highest BCUT2D eigenvalue weighted by Gasteiger charge is 1.96. The van der Waals surface area contributed by atoms with Crippen LogP contribution in [-0.2, 0) is 4.79 Å². The van der Waals surface area contributed by atoms with E-state index in [1.165, 1.54) is 57.8 Å². The first kappa shape index (κ1) is 20.8. The molecule has 1 aromatic rings. The molecule has 0 bridgehead atoms. The Hall–Kier alpha value is -1.28. The van der Waals surface area contributed by atoms with Gasteiger partial charge in [-0.15, -0.1) is 0 Å². The van der Waals surface area contributed by atoms with E-state index in [1.54, 1.807) is 12.2 Å². The van der Waals surface area contributed by atoms with Crippen molar-refractivity contribution < 1.29 is 4.79 Å². The summed E-state index contributed by atoms with van der Waals surface area (Å²) < 4.78 is 0. The van der Waals surface area contributed by atoms with Crippen molar-refractivity contribution in [2.45, 2.75) is 71.1 Å². The van der Waals surface area contributed by atoms with Crippen molar-refractivity contribution in [3.63, 3.8) is 0 Å². The predicted molar refractivity (Wildman–Crippen MR) is 105 cm³/mol. The van der Waals surface area contributed by atoms with Gasteiger partial charge in [-0.25, -0.2) is 0 Å². The quantitative estimate of drug-likeness (QED) is 0.324. The van der Waals surface area contributed by atoms with E-state index >= 15 is 0 Å². The molecule has 0 heterocycles. The lowest BCUT2D eigenvalue weighted by Gasteiger charge is -2.03. The molecule has 0 aliphatic rings. The summed E-state index contributed by atoms with van der Waals surface area (Å²) in [6.07, 6.45) is 16.5. The monoisotopic (exact) mass is 349 g/mol. The molecule has 0 aliphatic heterocycles. The third-order valence-corrected chi connectivity index (χ3v) is 4.34. The Kier molecular flexibility index (Phi) is 12.2. The van der Waals surface area contributed by atoms with E-state index in [-0.39, 0.29) is 5.91 Å². The summed E-state index contributed by atoms with van der Waals surface area (Å²) in [6.45, 7) is 3.01. The van der Waals surface area contributed by atoms with Gasteiger partial charge in [0.25, 0.3) is 0 Å². The van der Waals surface area contributed by atoms with Crippen molar-refractivity contribution in [2.24, 2.45) is 0 Å². The molecule has 134 valence electrons. The van der Waals surface area contributed by atoms with Gasteiger partial charge in [0, 0.05) is 17.6 Å². The molecule has 0 aromatic heterocycles. The zero-order chi connectivity index (χ0) is 17.5. The number of halogens is 1. The Morgan fingerprint density at radius 1 is 1.00 bits per heavy atom. The molecule has 0 saturated heterocycles. The molecule has 0 spiro atoms. The number of unbranched alkanes of at least 4 members (excludes halogenated alkanes) is 9. The number of hydrogen-bond donors (Lipinski definition) is 1. The van der Waals surface area contributed by atoms with Crippen molar-refractivity contribution >= 4 is 23.6 Å². The van der Waals surface area contributed by atoms with Gasteiger partial charge in [0.2, 0.25) is 5.91 Å². The highest BCUT2D eigenvalue weighted by atomic mass is 35.5. The molecule has 0 atom stereocenters. The topological polar surface area (TPSA) is 29.1 Å².